The second-order valence-electron chi connectivity index (χ2n) is 5.85. The van der Waals surface area contributed by atoms with E-state index in [9.17, 15) is 9.59 Å². The van der Waals surface area contributed by atoms with E-state index in [0.29, 0.717) is 35.1 Å². The molecule has 1 atom stereocenters. The van der Waals surface area contributed by atoms with Crippen LogP contribution in [0.1, 0.15) is 22.5 Å². The number of hydrogen-bond acceptors (Lipinski definition) is 4. The van der Waals surface area contributed by atoms with Gasteiger partial charge in [0.15, 0.2) is 0 Å². The SMILES string of the molecule is Cc1c(C(=O)N2CCOC(CC(=O)O)C2)cnn1-c1ccccc1Cl. The van der Waals surface area contributed by atoms with Crippen LogP contribution in [0.4, 0.5) is 0 Å². The van der Waals surface area contributed by atoms with Gasteiger partial charge in [0.2, 0.25) is 0 Å². The van der Waals surface area contributed by atoms with Crippen molar-refractivity contribution in [1.29, 1.82) is 0 Å². The molecule has 3 rings (SSSR count). The van der Waals surface area contributed by atoms with Crippen molar-refractivity contribution >= 4 is 23.5 Å². The molecule has 8 heteroatoms. The molecule has 1 fully saturated rings. The molecular weight excluding hydrogens is 346 g/mol. The van der Waals surface area contributed by atoms with Gasteiger partial charge in [-0.05, 0) is 19.1 Å². The smallest absolute Gasteiger partial charge is 0.306 e. The number of carboxylic acid groups (broad SMARTS) is 1. The summed E-state index contributed by atoms with van der Waals surface area (Å²) >= 11 is 6.21. The number of ether oxygens (including phenoxy) is 1. The maximum absolute atomic E-state index is 12.8. The van der Waals surface area contributed by atoms with Crippen LogP contribution in [-0.2, 0) is 9.53 Å². The average molecular weight is 364 g/mol. The molecule has 0 spiro atoms. The van der Waals surface area contributed by atoms with Crippen molar-refractivity contribution in [3.05, 3.63) is 46.7 Å². The van der Waals surface area contributed by atoms with E-state index in [1.165, 1.54) is 6.20 Å². The summed E-state index contributed by atoms with van der Waals surface area (Å²) in [5.41, 5.74) is 1.85. The zero-order valence-electron chi connectivity index (χ0n) is 13.7. The highest BCUT2D eigenvalue weighted by Crippen LogP contribution is 2.23. The lowest BCUT2D eigenvalue weighted by molar-refractivity contribution is -0.141. The van der Waals surface area contributed by atoms with Crippen molar-refractivity contribution in [3.8, 4) is 5.69 Å². The quantitative estimate of drug-likeness (QED) is 0.899. The minimum absolute atomic E-state index is 0.123. The van der Waals surface area contributed by atoms with Crippen LogP contribution in [0.15, 0.2) is 30.5 Å². The summed E-state index contributed by atoms with van der Waals surface area (Å²) in [5.74, 6) is -1.13. The van der Waals surface area contributed by atoms with Crippen LogP contribution in [0.5, 0.6) is 0 Å². The van der Waals surface area contributed by atoms with Crippen LogP contribution in [0, 0.1) is 6.92 Å². The van der Waals surface area contributed by atoms with E-state index in [4.69, 9.17) is 21.4 Å². The number of halogens is 1. The van der Waals surface area contributed by atoms with Crippen LogP contribution in [0.25, 0.3) is 5.69 Å². The van der Waals surface area contributed by atoms with Crippen LogP contribution >= 0.6 is 11.6 Å². The minimum atomic E-state index is -0.943. The Morgan fingerprint density at radius 1 is 1.40 bits per heavy atom. The van der Waals surface area contributed by atoms with E-state index >= 15 is 0 Å². The van der Waals surface area contributed by atoms with Crippen LogP contribution in [0.3, 0.4) is 0 Å². The summed E-state index contributed by atoms with van der Waals surface area (Å²) in [5, 5.41) is 13.7. The average Bonchev–Trinajstić information content (AvgIpc) is 2.96. The number of benzene rings is 1. The Bertz CT molecular complexity index is 805. The predicted molar refractivity (Wildman–Crippen MR) is 91.2 cm³/mol. The van der Waals surface area contributed by atoms with Gasteiger partial charge in [-0.3, -0.25) is 9.59 Å². The number of morpholine rings is 1. The fourth-order valence-electron chi connectivity index (χ4n) is 2.88. The van der Waals surface area contributed by atoms with Crippen molar-refractivity contribution in [1.82, 2.24) is 14.7 Å². The van der Waals surface area contributed by atoms with Gasteiger partial charge in [-0.2, -0.15) is 5.10 Å². The molecule has 1 N–H and O–H groups in total. The Hall–Kier alpha value is -2.38. The molecule has 7 nitrogen and oxygen atoms in total. The molecule has 0 bridgehead atoms. The number of para-hydroxylation sites is 1. The van der Waals surface area contributed by atoms with Crippen molar-refractivity contribution in [3.63, 3.8) is 0 Å². The lowest BCUT2D eigenvalue weighted by atomic mass is 10.1. The Morgan fingerprint density at radius 2 is 2.16 bits per heavy atom. The number of aliphatic carboxylic acids is 1. The highest BCUT2D eigenvalue weighted by Gasteiger charge is 2.28. The molecule has 1 saturated heterocycles. The highest BCUT2D eigenvalue weighted by atomic mass is 35.5. The maximum atomic E-state index is 12.8. The first kappa shape index (κ1) is 17.4. The first-order chi connectivity index (χ1) is 12.0. The molecule has 25 heavy (non-hydrogen) atoms. The van der Waals surface area contributed by atoms with Gasteiger partial charge in [-0.25, -0.2) is 4.68 Å². The lowest BCUT2D eigenvalue weighted by Crippen LogP contribution is -2.46. The van der Waals surface area contributed by atoms with E-state index in [0.717, 1.165) is 0 Å². The summed E-state index contributed by atoms with van der Waals surface area (Å²) in [6.07, 6.45) is 0.902. The first-order valence-electron chi connectivity index (χ1n) is 7.89. The Balaban J connectivity index is 1.82. The Morgan fingerprint density at radius 3 is 2.88 bits per heavy atom. The number of carbonyl (C=O) groups is 2. The highest BCUT2D eigenvalue weighted by molar-refractivity contribution is 6.32. The number of hydrogen-bond donors (Lipinski definition) is 1. The molecule has 0 radical (unpaired) electrons. The molecule has 2 aromatic rings. The van der Waals surface area contributed by atoms with E-state index < -0.39 is 12.1 Å². The number of rotatable bonds is 4. The third-order valence-corrected chi connectivity index (χ3v) is 4.47. The van der Waals surface area contributed by atoms with Crippen molar-refractivity contribution < 1.29 is 19.4 Å². The van der Waals surface area contributed by atoms with Crippen molar-refractivity contribution in [2.24, 2.45) is 0 Å². The topological polar surface area (TPSA) is 84.7 Å². The van der Waals surface area contributed by atoms with Gasteiger partial charge in [0.05, 0.1) is 47.3 Å². The number of carbonyl (C=O) groups excluding carboxylic acids is 1. The van der Waals surface area contributed by atoms with Gasteiger partial charge < -0.3 is 14.7 Å². The van der Waals surface area contributed by atoms with Gasteiger partial charge in [-0.1, -0.05) is 23.7 Å². The van der Waals surface area contributed by atoms with Gasteiger partial charge in [0.1, 0.15) is 0 Å². The molecule has 2 heterocycles. The molecule has 1 aromatic heterocycles. The number of amides is 1. The van der Waals surface area contributed by atoms with E-state index in [-0.39, 0.29) is 18.9 Å². The second-order valence-corrected chi connectivity index (χ2v) is 6.26. The molecular formula is C17H18ClN3O4. The fourth-order valence-corrected chi connectivity index (χ4v) is 3.09. The third-order valence-electron chi connectivity index (χ3n) is 4.15. The summed E-state index contributed by atoms with van der Waals surface area (Å²) in [6.45, 7) is 2.80. The molecule has 1 unspecified atom stereocenters. The van der Waals surface area contributed by atoms with Crippen LogP contribution in [0.2, 0.25) is 5.02 Å². The Labute approximate surface area is 149 Å². The number of aromatic nitrogens is 2. The largest absolute Gasteiger partial charge is 0.481 e. The standard InChI is InChI=1S/C17H18ClN3O4/c1-11-13(9-19-21(11)15-5-3-2-4-14(15)18)17(24)20-6-7-25-12(10-20)8-16(22)23/h2-5,9,12H,6-8,10H2,1H3,(H,22,23). The van der Waals surface area contributed by atoms with Crippen molar-refractivity contribution in [2.75, 3.05) is 19.7 Å². The number of nitrogens with zero attached hydrogens (tertiary/aromatic N) is 3. The van der Waals surface area contributed by atoms with Gasteiger partial charge >= 0.3 is 5.97 Å². The zero-order valence-corrected chi connectivity index (χ0v) is 14.4. The molecule has 1 aromatic carbocycles. The molecule has 132 valence electrons. The Kier molecular flexibility index (Phi) is 5.06. The second kappa shape index (κ2) is 7.25. The molecule has 0 aliphatic carbocycles. The minimum Gasteiger partial charge on any atom is -0.481 e. The van der Waals surface area contributed by atoms with Gasteiger partial charge in [0, 0.05) is 13.1 Å². The van der Waals surface area contributed by atoms with E-state index in [1.54, 1.807) is 22.6 Å². The first-order valence-corrected chi connectivity index (χ1v) is 8.27. The van der Waals surface area contributed by atoms with Crippen molar-refractivity contribution in [2.45, 2.75) is 19.4 Å². The summed E-state index contributed by atoms with van der Waals surface area (Å²) in [6, 6.07) is 7.27. The molecule has 1 aliphatic rings. The third kappa shape index (κ3) is 3.67. The monoisotopic (exact) mass is 363 g/mol. The summed E-state index contributed by atoms with van der Waals surface area (Å²) < 4.78 is 7.04. The summed E-state index contributed by atoms with van der Waals surface area (Å²) in [4.78, 5) is 25.3. The predicted octanol–water partition coefficient (Wildman–Crippen LogP) is 2.15. The zero-order chi connectivity index (χ0) is 18.0. The van der Waals surface area contributed by atoms with Gasteiger partial charge in [-0.15, -0.1) is 0 Å². The van der Waals surface area contributed by atoms with Gasteiger partial charge in [0.25, 0.3) is 5.91 Å². The number of carboxylic acids is 1. The van der Waals surface area contributed by atoms with E-state index in [2.05, 4.69) is 5.10 Å². The van der Waals surface area contributed by atoms with Crippen LogP contribution in [-0.4, -0.2) is 57.5 Å². The molecule has 0 saturated carbocycles. The normalized spacial score (nSPS) is 17.5. The lowest BCUT2D eigenvalue weighted by Gasteiger charge is -2.32. The van der Waals surface area contributed by atoms with Crippen LogP contribution < -0.4 is 0 Å². The molecule has 1 aliphatic heterocycles. The summed E-state index contributed by atoms with van der Waals surface area (Å²) in [7, 11) is 0. The van der Waals surface area contributed by atoms with E-state index in [1.807, 2.05) is 18.2 Å². The molecule has 1 amide bonds. The maximum Gasteiger partial charge on any atom is 0.306 e. The fraction of sp³-hybridized carbons (Fsp3) is 0.353.